The second-order valence-corrected chi connectivity index (χ2v) is 4.42. The monoisotopic (exact) mass is 261 g/mol. The average Bonchev–Trinajstić information content (AvgIpc) is 2.65. The Hall–Kier alpha value is -1.02. The summed E-state index contributed by atoms with van der Waals surface area (Å²) in [4.78, 5) is 20.1. The molecule has 6 nitrogen and oxygen atoms in total. The standard InChI is InChI=1S/C6H16O3Si.C4H3NO2/c1-4-7-10(8-5-2)9-6-3;6-3-1-2-4(7)5-3/h10H,4-6H2,1-3H3;1-2H,(H,5,6,7). The van der Waals surface area contributed by atoms with E-state index in [1.807, 2.05) is 26.1 Å². The summed E-state index contributed by atoms with van der Waals surface area (Å²) < 4.78 is 15.7. The zero-order chi connectivity index (χ0) is 13.1. The van der Waals surface area contributed by atoms with Gasteiger partial charge in [0.1, 0.15) is 0 Å². The molecule has 1 aliphatic heterocycles. The predicted octanol–water partition coefficient (Wildman–Crippen LogP) is 0.0121. The van der Waals surface area contributed by atoms with Crippen molar-refractivity contribution in [1.82, 2.24) is 5.32 Å². The summed E-state index contributed by atoms with van der Waals surface area (Å²) >= 11 is 0. The van der Waals surface area contributed by atoms with Crippen LogP contribution in [0.5, 0.6) is 0 Å². The van der Waals surface area contributed by atoms with Crippen LogP contribution in [0, 0.1) is 0 Å². The lowest BCUT2D eigenvalue weighted by molar-refractivity contribution is -0.123. The molecule has 0 aromatic heterocycles. The Bertz CT molecular complexity index is 239. The van der Waals surface area contributed by atoms with Crippen LogP contribution in [0.2, 0.25) is 0 Å². The Labute approximate surface area is 103 Å². The van der Waals surface area contributed by atoms with E-state index in [1.54, 1.807) is 0 Å². The largest absolute Gasteiger partial charge is 0.484 e. The van der Waals surface area contributed by atoms with E-state index in [4.69, 9.17) is 13.3 Å². The van der Waals surface area contributed by atoms with Crippen LogP contribution in [0.3, 0.4) is 0 Å². The van der Waals surface area contributed by atoms with Crippen LogP contribution in [0.1, 0.15) is 20.8 Å². The molecule has 0 bridgehead atoms. The van der Waals surface area contributed by atoms with Gasteiger partial charge >= 0.3 is 9.53 Å². The molecule has 17 heavy (non-hydrogen) atoms. The van der Waals surface area contributed by atoms with E-state index in [0.717, 1.165) is 0 Å². The molecule has 0 aromatic rings. The van der Waals surface area contributed by atoms with Gasteiger partial charge in [0.2, 0.25) is 0 Å². The first kappa shape index (κ1) is 16.0. The highest BCUT2D eigenvalue weighted by Gasteiger charge is 2.11. The van der Waals surface area contributed by atoms with E-state index in [9.17, 15) is 9.59 Å². The summed E-state index contributed by atoms with van der Waals surface area (Å²) in [6, 6.07) is 0. The van der Waals surface area contributed by atoms with Gasteiger partial charge in [-0.1, -0.05) is 0 Å². The lowest BCUT2D eigenvalue weighted by atomic mass is 10.6. The van der Waals surface area contributed by atoms with Crippen LogP contribution in [0.15, 0.2) is 12.2 Å². The minimum atomic E-state index is -1.73. The third kappa shape index (κ3) is 8.75. The predicted molar refractivity (Wildman–Crippen MR) is 64.3 cm³/mol. The molecule has 0 radical (unpaired) electrons. The molecule has 0 aliphatic carbocycles. The fraction of sp³-hybridized carbons (Fsp3) is 0.600. The molecule has 0 saturated heterocycles. The van der Waals surface area contributed by atoms with Crippen molar-refractivity contribution in [3.8, 4) is 0 Å². The summed E-state index contributed by atoms with van der Waals surface area (Å²) in [5, 5.41) is 2.03. The molecule has 1 aliphatic rings. The normalized spacial score (nSPS) is 13.6. The maximum absolute atomic E-state index is 10.0. The number of hydrogen-bond acceptors (Lipinski definition) is 5. The number of imide groups is 1. The second-order valence-electron chi connectivity index (χ2n) is 2.84. The summed E-state index contributed by atoms with van der Waals surface area (Å²) in [6.07, 6.45) is 2.39. The van der Waals surface area contributed by atoms with Crippen molar-refractivity contribution < 1.29 is 22.9 Å². The van der Waals surface area contributed by atoms with Crippen molar-refractivity contribution in [2.24, 2.45) is 0 Å². The molecule has 1 rings (SSSR count). The highest BCUT2D eigenvalue weighted by Crippen LogP contribution is 1.91. The maximum Gasteiger partial charge on any atom is 0.484 e. The average molecular weight is 261 g/mol. The van der Waals surface area contributed by atoms with E-state index in [2.05, 4.69) is 0 Å². The summed E-state index contributed by atoms with van der Waals surface area (Å²) in [5.74, 6) is -0.657. The molecular formula is C10H19NO5Si. The van der Waals surface area contributed by atoms with E-state index >= 15 is 0 Å². The minimum absolute atomic E-state index is 0.329. The van der Waals surface area contributed by atoms with Gasteiger partial charge in [-0.2, -0.15) is 0 Å². The molecule has 0 fully saturated rings. The maximum atomic E-state index is 10.0. The van der Waals surface area contributed by atoms with Crippen LogP contribution in [0.25, 0.3) is 0 Å². The van der Waals surface area contributed by atoms with Crippen LogP contribution in [0.4, 0.5) is 0 Å². The van der Waals surface area contributed by atoms with Gasteiger partial charge in [-0.15, -0.1) is 0 Å². The Morgan fingerprint density at radius 3 is 1.47 bits per heavy atom. The Morgan fingerprint density at radius 2 is 1.29 bits per heavy atom. The quantitative estimate of drug-likeness (QED) is 0.538. The second kappa shape index (κ2) is 10.2. The molecule has 0 atom stereocenters. The molecule has 0 saturated carbocycles. The summed E-state index contributed by atoms with van der Waals surface area (Å²) in [5.41, 5.74) is 0. The fourth-order valence-electron chi connectivity index (χ4n) is 0.909. The first-order chi connectivity index (χ1) is 8.13. The molecule has 1 N–H and O–H groups in total. The first-order valence-electron chi connectivity index (χ1n) is 5.51. The molecule has 7 heteroatoms. The van der Waals surface area contributed by atoms with Gasteiger partial charge in [0.05, 0.1) is 0 Å². The molecular weight excluding hydrogens is 242 g/mol. The number of rotatable bonds is 6. The van der Waals surface area contributed by atoms with Crippen molar-refractivity contribution in [3.63, 3.8) is 0 Å². The number of amides is 2. The van der Waals surface area contributed by atoms with Crippen LogP contribution in [-0.4, -0.2) is 41.2 Å². The highest BCUT2D eigenvalue weighted by atomic mass is 28.3. The van der Waals surface area contributed by atoms with Gasteiger partial charge in [0.25, 0.3) is 11.8 Å². The van der Waals surface area contributed by atoms with Gasteiger partial charge in [0.15, 0.2) is 0 Å². The lowest BCUT2D eigenvalue weighted by Gasteiger charge is -2.12. The molecule has 0 spiro atoms. The lowest BCUT2D eigenvalue weighted by Crippen LogP contribution is -2.27. The Morgan fingerprint density at radius 1 is 0.941 bits per heavy atom. The van der Waals surface area contributed by atoms with Crippen LogP contribution < -0.4 is 5.32 Å². The van der Waals surface area contributed by atoms with E-state index in [1.165, 1.54) is 12.2 Å². The minimum Gasteiger partial charge on any atom is -0.376 e. The zero-order valence-corrected chi connectivity index (χ0v) is 11.5. The van der Waals surface area contributed by atoms with Crippen molar-refractivity contribution in [2.75, 3.05) is 19.8 Å². The molecule has 0 aromatic carbocycles. The fourth-order valence-corrected chi connectivity index (χ4v) is 2.01. The molecule has 2 amide bonds. The number of carbonyl (C=O) groups is 2. The van der Waals surface area contributed by atoms with Gasteiger partial charge in [-0.05, 0) is 20.8 Å². The number of carbonyl (C=O) groups excluding carboxylic acids is 2. The summed E-state index contributed by atoms with van der Waals surface area (Å²) in [6.45, 7) is 7.86. The Balaban J connectivity index is 0.000000318. The van der Waals surface area contributed by atoms with E-state index in [0.29, 0.717) is 19.8 Å². The van der Waals surface area contributed by atoms with Crippen molar-refractivity contribution in [2.45, 2.75) is 20.8 Å². The van der Waals surface area contributed by atoms with Crippen molar-refractivity contribution in [3.05, 3.63) is 12.2 Å². The first-order valence-corrected chi connectivity index (χ1v) is 6.93. The molecule has 1 heterocycles. The van der Waals surface area contributed by atoms with E-state index in [-0.39, 0.29) is 11.8 Å². The van der Waals surface area contributed by atoms with Gasteiger partial charge < -0.3 is 13.3 Å². The number of nitrogens with one attached hydrogen (secondary N) is 1. The summed E-state index contributed by atoms with van der Waals surface area (Å²) in [7, 11) is -1.73. The van der Waals surface area contributed by atoms with Crippen LogP contribution >= 0.6 is 0 Å². The Kier molecular flexibility index (Phi) is 9.54. The van der Waals surface area contributed by atoms with Gasteiger partial charge in [-0.3, -0.25) is 14.9 Å². The van der Waals surface area contributed by atoms with Crippen molar-refractivity contribution in [1.29, 1.82) is 0 Å². The van der Waals surface area contributed by atoms with Crippen molar-refractivity contribution >= 4 is 21.3 Å². The molecule has 98 valence electrons. The van der Waals surface area contributed by atoms with Gasteiger partial charge in [0, 0.05) is 32.0 Å². The molecule has 0 unspecified atom stereocenters. The topological polar surface area (TPSA) is 73.9 Å². The van der Waals surface area contributed by atoms with Crippen LogP contribution in [-0.2, 0) is 22.9 Å². The zero-order valence-electron chi connectivity index (χ0n) is 10.4. The van der Waals surface area contributed by atoms with Gasteiger partial charge in [-0.25, -0.2) is 0 Å². The van der Waals surface area contributed by atoms with E-state index < -0.39 is 9.53 Å². The number of hydrogen-bond donors (Lipinski definition) is 1. The highest BCUT2D eigenvalue weighted by molar-refractivity contribution is 6.36. The smallest absolute Gasteiger partial charge is 0.376 e. The third-order valence-corrected chi connectivity index (χ3v) is 3.36. The SMILES string of the molecule is CCO[SiH](OCC)OCC.O=C1C=CC(=O)N1. The third-order valence-electron chi connectivity index (χ3n) is 1.54.